The van der Waals surface area contributed by atoms with Crippen LogP contribution in [0.15, 0.2) is 52.2 Å². The number of nitrogens with one attached hydrogen (secondary N) is 1. The summed E-state index contributed by atoms with van der Waals surface area (Å²) in [6, 6.07) is 12.2. The molecule has 0 saturated heterocycles. The van der Waals surface area contributed by atoms with Gasteiger partial charge in [0.05, 0.1) is 30.1 Å². The van der Waals surface area contributed by atoms with Gasteiger partial charge in [0.25, 0.3) is 5.56 Å². The van der Waals surface area contributed by atoms with Crippen molar-refractivity contribution in [3.8, 4) is 11.4 Å². The van der Waals surface area contributed by atoms with Crippen molar-refractivity contribution in [2.45, 2.75) is 37.6 Å². The van der Waals surface area contributed by atoms with E-state index in [1.54, 1.807) is 23.6 Å². The number of anilines is 1. The number of nitrogen functional groups attached to an aromatic ring is 1. The van der Waals surface area contributed by atoms with E-state index in [9.17, 15) is 19.1 Å². The van der Waals surface area contributed by atoms with Gasteiger partial charge in [0.2, 0.25) is 0 Å². The number of carbonyl (C=O) groups is 1. The second-order valence-electron chi connectivity index (χ2n) is 8.90. The molecule has 0 fully saturated rings. The summed E-state index contributed by atoms with van der Waals surface area (Å²) in [5.74, 6) is -0.377. The third kappa shape index (κ3) is 4.53. The maximum Gasteiger partial charge on any atom is 0.257 e. The molecule has 1 unspecified atom stereocenters. The van der Waals surface area contributed by atoms with Gasteiger partial charge < -0.3 is 24.9 Å². The molecule has 0 bridgehead atoms. The third-order valence-electron chi connectivity index (χ3n) is 6.53. The summed E-state index contributed by atoms with van der Waals surface area (Å²) in [5, 5.41) is 11.1. The number of benzene rings is 2. The maximum atomic E-state index is 14.5. The smallest absolute Gasteiger partial charge is 0.257 e. The molecule has 4 aromatic rings. The number of aldehydes is 1. The normalized spacial score (nSPS) is 13.0. The summed E-state index contributed by atoms with van der Waals surface area (Å²) >= 11 is 1.43. The molecule has 3 heterocycles. The van der Waals surface area contributed by atoms with E-state index in [0.717, 1.165) is 21.4 Å². The minimum atomic E-state index is -1.48. The molecule has 0 radical (unpaired) electrons. The zero-order valence-electron chi connectivity index (χ0n) is 20.2. The van der Waals surface area contributed by atoms with Crippen LogP contribution in [0.4, 0.5) is 10.1 Å². The van der Waals surface area contributed by atoms with E-state index in [1.165, 1.54) is 25.1 Å². The lowest BCUT2D eigenvalue weighted by atomic mass is 9.98. The summed E-state index contributed by atoms with van der Waals surface area (Å²) in [7, 11) is 1.44. The lowest BCUT2D eigenvalue weighted by molar-refractivity contribution is -0.115. The fraction of sp³-hybridized carbons (Fsp3) is 0.222. The van der Waals surface area contributed by atoms with Gasteiger partial charge in [-0.25, -0.2) is 9.37 Å². The molecule has 2 aromatic carbocycles. The van der Waals surface area contributed by atoms with Crippen LogP contribution >= 0.6 is 11.9 Å². The molecule has 37 heavy (non-hydrogen) atoms. The van der Waals surface area contributed by atoms with Crippen molar-refractivity contribution in [3.05, 3.63) is 86.5 Å². The third-order valence-corrected chi connectivity index (χ3v) is 7.33. The highest BCUT2D eigenvalue weighted by atomic mass is 32.2. The van der Waals surface area contributed by atoms with Gasteiger partial charge >= 0.3 is 0 Å². The molecule has 0 spiro atoms. The number of halogens is 1. The van der Waals surface area contributed by atoms with Crippen molar-refractivity contribution in [3.63, 3.8) is 0 Å². The second kappa shape index (κ2) is 10.1. The number of nitrogens with two attached hydrogens (primary N) is 1. The van der Waals surface area contributed by atoms with Crippen LogP contribution in [0.25, 0.3) is 22.3 Å². The zero-order chi connectivity index (χ0) is 26.3. The van der Waals surface area contributed by atoms with E-state index in [2.05, 4.69) is 4.72 Å². The molecule has 1 atom stereocenters. The fourth-order valence-electron chi connectivity index (χ4n) is 4.66. The number of rotatable bonds is 8. The van der Waals surface area contributed by atoms with Gasteiger partial charge in [0.15, 0.2) is 6.29 Å². The number of aryl methyl sites for hydroxylation is 1. The monoisotopic (exact) mass is 520 g/mol. The number of hydrogen-bond acceptors (Lipinski definition) is 8. The van der Waals surface area contributed by atoms with Crippen LogP contribution in [0.5, 0.6) is 0 Å². The first-order valence-corrected chi connectivity index (χ1v) is 12.4. The van der Waals surface area contributed by atoms with E-state index < -0.39 is 6.10 Å². The number of methoxy groups -OCH3 is 1. The van der Waals surface area contributed by atoms with Gasteiger partial charge in [-0.05, 0) is 66.4 Å². The molecule has 5 rings (SSSR count). The van der Waals surface area contributed by atoms with Gasteiger partial charge in [-0.15, -0.1) is 0 Å². The summed E-state index contributed by atoms with van der Waals surface area (Å²) in [6.45, 7) is 2.31. The minimum Gasteiger partial charge on any atom is -0.399 e. The molecular formula is C27H25FN4O4S. The maximum absolute atomic E-state index is 14.5. The molecule has 10 heteroatoms. The van der Waals surface area contributed by atoms with Crippen LogP contribution in [0, 0.1) is 12.7 Å². The molecule has 0 aliphatic carbocycles. The van der Waals surface area contributed by atoms with Gasteiger partial charge in [0, 0.05) is 52.4 Å². The van der Waals surface area contributed by atoms with Crippen LogP contribution in [0.1, 0.15) is 33.9 Å². The van der Waals surface area contributed by atoms with Crippen LogP contribution in [-0.4, -0.2) is 28.1 Å². The average Bonchev–Trinajstić information content (AvgIpc) is 3.25. The van der Waals surface area contributed by atoms with Crippen molar-refractivity contribution in [2.24, 2.45) is 0 Å². The average molecular weight is 521 g/mol. The Balaban J connectivity index is 1.65. The van der Waals surface area contributed by atoms with E-state index in [0.29, 0.717) is 41.0 Å². The Morgan fingerprint density at radius 3 is 2.73 bits per heavy atom. The van der Waals surface area contributed by atoms with Crippen molar-refractivity contribution < 1.29 is 19.0 Å². The first kappa shape index (κ1) is 25.1. The highest BCUT2D eigenvalue weighted by Crippen LogP contribution is 2.37. The predicted octanol–water partition coefficient (Wildman–Crippen LogP) is 3.63. The number of hydrogen-bond donors (Lipinski definition) is 3. The van der Waals surface area contributed by atoms with Gasteiger partial charge in [-0.2, -0.15) is 0 Å². The second-order valence-corrected chi connectivity index (χ2v) is 9.86. The Morgan fingerprint density at radius 2 is 2.03 bits per heavy atom. The molecule has 190 valence electrons. The zero-order valence-corrected chi connectivity index (χ0v) is 21.1. The van der Waals surface area contributed by atoms with Gasteiger partial charge in [0.1, 0.15) is 11.9 Å². The molecule has 8 nitrogen and oxygen atoms in total. The number of nitrogens with zero attached hydrogens (tertiary/aromatic N) is 2. The number of aliphatic hydroxyl groups excluding tert-OH is 1. The Morgan fingerprint density at radius 1 is 1.27 bits per heavy atom. The van der Waals surface area contributed by atoms with Crippen molar-refractivity contribution >= 4 is 34.8 Å². The number of aromatic nitrogens is 2. The van der Waals surface area contributed by atoms with Crippen molar-refractivity contribution in [2.75, 3.05) is 12.8 Å². The Hall–Kier alpha value is -3.57. The van der Waals surface area contributed by atoms with Gasteiger partial charge in [-0.1, -0.05) is 0 Å². The largest absolute Gasteiger partial charge is 0.399 e. The topological polar surface area (TPSA) is 119 Å². The number of aliphatic hydroxyl groups is 1. The van der Waals surface area contributed by atoms with Crippen molar-refractivity contribution in [1.29, 1.82) is 0 Å². The summed E-state index contributed by atoms with van der Waals surface area (Å²) < 4.78 is 24.6. The van der Waals surface area contributed by atoms with Gasteiger partial charge in [-0.3, -0.25) is 9.52 Å². The first-order chi connectivity index (χ1) is 17.8. The number of ether oxygens (including phenoxy) is 1. The van der Waals surface area contributed by atoms with Crippen LogP contribution in [0.3, 0.4) is 0 Å². The highest BCUT2D eigenvalue weighted by Gasteiger charge is 2.29. The quantitative estimate of drug-likeness (QED) is 0.161. The number of carbonyl (C=O) groups excluding carboxylic acids is 1. The predicted molar refractivity (Wildman–Crippen MR) is 141 cm³/mol. The van der Waals surface area contributed by atoms with E-state index in [-0.39, 0.29) is 35.7 Å². The standard InChI is InChI=1S/C27H25FN4O4S/c1-14-7-17-19(10-30-37-16-5-3-15(29)4-6-16)20-11-32-24(26(20)31-23(17)9-22(14)28)8-18(25(34)12-33)21(13-36-2)27(32)35/h3-9,12,25,30,34H,10-11,13,29H2,1-2H3. The molecule has 4 N–H and O–H groups in total. The highest BCUT2D eigenvalue weighted by molar-refractivity contribution is 7.97. The summed E-state index contributed by atoms with van der Waals surface area (Å²) in [5.41, 5.74) is 10.1. The van der Waals surface area contributed by atoms with E-state index in [4.69, 9.17) is 15.5 Å². The van der Waals surface area contributed by atoms with Crippen molar-refractivity contribution in [1.82, 2.24) is 14.3 Å². The minimum absolute atomic E-state index is 0.0534. The summed E-state index contributed by atoms with van der Waals surface area (Å²) in [4.78, 5) is 30.5. The molecular weight excluding hydrogens is 495 g/mol. The molecule has 0 saturated carbocycles. The lowest BCUT2D eigenvalue weighted by Gasteiger charge is -2.14. The Kier molecular flexibility index (Phi) is 6.82. The van der Waals surface area contributed by atoms with E-state index >= 15 is 0 Å². The molecule has 2 aromatic heterocycles. The van der Waals surface area contributed by atoms with E-state index in [1.807, 2.05) is 24.3 Å². The fourth-order valence-corrected chi connectivity index (χ4v) is 5.31. The first-order valence-electron chi connectivity index (χ1n) is 11.6. The Bertz CT molecular complexity index is 1590. The molecule has 1 aliphatic heterocycles. The van der Waals surface area contributed by atoms with Crippen LogP contribution < -0.4 is 16.0 Å². The molecule has 1 aliphatic rings. The van der Waals surface area contributed by atoms with Crippen LogP contribution in [0.2, 0.25) is 0 Å². The number of fused-ring (bicyclic) bond motifs is 4. The summed E-state index contributed by atoms with van der Waals surface area (Å²) in [6.07, 6.45) is -1.11. The number of pyridine rings is 2. The SMILES string of the molecule is COCc1c(C(O)C=O)cc2n(c1=O)Cc1c-2nc2cc(F)c(C)cc2c1CNSc1ccc(N)cc1. The molecule has 0 amide bonds. The Labute approximate surface area is 216 Å². The van der Waals surface area contributed by atoms with Crippen LogP contribution in [-0.2, 0) is 29.2 Å². The lowest BCUT2D eigenvalue weighted by Crippen LogP contribution is -2.26.